The zero-order valence-corrected chi connectivity index (χ0v) is 19.0. The first kappa shape index (κ1) is 21.8. The first-order valence-corrected chi connectivity index (χ1v) is 12.2. The lowest BCUT2D eigenvalue weighted by Crippen LogP contribution is -2.46. The van der Waals surface area contributed by atoms with Crippen LogP contribution in [0.3, 0.4) is 0 Å². The smallest absolute Gasteiger partial charge is 0.248 e. The predicted molar refractivity (Wildman–Crippen MR) is 119 cm³/mol. The monoisotopic (exact) mass is 443 g/mol. The molecule has 8 heteroatoms. The molecule has 2 aromatic rings. The Bertz CT molecular complexity index is 1120. The molecule has 1 saturated heterocycles. The van der Waals surface area contributed by atoms with Crippen LogP contribution >= 0.6 is 0 Å². The van der Waals surface area contributed by atoms with Gasteiger partial charge in [0.25, 0.3) is 0 Å². The predicted octanol–water partition coefficient (Wildman–Crippen LogP) is 3.45. The number of aromatic nitrogens is 1. The lowest BCUT2D eigenvalue weighted by atomic mass is 9.99. The molecule has 1 atom stereocenters. The van der Waals surface area contributed by atoms with E-state index >= 15 is 0 Å². The van der Waals surface area contributed by atoms with Crippen LogP contribution in [-0.4, -0.2) is 42.9 Å². The Labute approximate surface area is 183 Å². The maximum Gasteiger partial charge on any atom is 0.248 e. The molecule has 1 aliphatic heterocycles. The lowest BCUT2D eigenvalue weighted by molar-refractivity contribution is -0.126. The quantitative estimate of drug-likeness (QED) is 0.738. The van der Waals surface area contributed by atoms with Gasteiger partial charge in [-0.1, -0.05) is 35.0 Å². The second kappa shape index (κ2) is 8.59. The van der Waals surface area contributed by atoms with Gasteiger partial charge in [-0.3, -0.25) is 4.79 Å². The fourth-order valence-corrected chi connectivity index (χ4v) is 5.73. The van der Waals surface area contributed by atoms with Gasteiger partial charge in [0.1, 0.15) is 5.69 Å². The van der Waals surface area contributed by atoms with Gasteiger partial charge in [-0.25, -0.2) is 8.42 Å². The summed E-state index contributed by atoms with van der Waals surface area (Å²) in [6.45, 7) is 6.22. The Balaban J connectivity index is 1.58. The molecule has 1 N–H and O–H groups in total. The van der Waals surface area contributed by atoms with Gasteiger partial charge in [-0.05, 0) is 63.7 Å². The zero-order chi connectivity index (χ0) is 22.2. The summed E-state index contributed by atoms with van der Waals surface area (Å²) in [4.78, 5) is 12.6. The summed E-state index contributed by atoms with van der Waals surface area (Å²) in [5.41, 5.74) is 3.52. The van der Waals surface area contributed by atoms with Gasteiger partial charge >= 0.3 is 0 Å². The van der Waals surface area contributed by atoms with Crippen molar-refractivity contribution >= 4 is 28.1 Å². The average molecular weight is 444 g/mol. The number of carbonyl (C=O) groups is 1. The number of piperidine rings is 1. The SMILES string of the molecule is Cc1ccc(C)c(/C=C/c2onc(C)c2S(=O)(=O)N2CCC[C@H](C(=O)NC3CC3)C2)c1. The van der Waals surface area contributed by atoms with Crippen LogP contribution in [0.25, 0.3) is 12.2 Å². The molecule has 1 aliphatic carbocycles. The second-order valence-electron chi connectivity index (χ2n) is 8.64. The maximum absolute atomic E-state index is 13.5. The van der Waals surface area contributed by atoms with Crippen LogP contribution in [0.2, 0.25) is 0 Å². The van der Waals surface area contributed by atoms with Gasteiger partial charge in [-0.2, -0.15) is 4.31 Å². The number of benzene rings is 1. The Morgan fingerprint density at radius 1 is 1.19 bits per heavy atom. The molecular weight excluding hydrogens is 414 g/mol. The number of hydrogen-bond acceptors (Lipinski definition) is 5. The van der Waals surface area contributed by atoms with Crippen molar-refractivity contribution in [3.05, 3.63) is 46.3 Å². The van der Waals surface area contributed by atoms with Crippen LogP contribution in [0.4, 0.5) is 0 Å². The Kier molecular flexibility index (Phi) is 6.03. The zero-order valence-electron chi connectivity index (χ0n) is 18.2. The molecule has 0 radical (unpaired) electrons. The van der Waals surface area contributed by atoms with E-state index in [0.29, 0.717) is 25.1 Å². The first-order valence-electron chi connectivity index (χ1n) is 10.8. The summed E-state index contributed by atoms with van der Waals surface area (Å²) in [5, 5.41) is 6.92. The van der Waals surface area contributed by atoms with Crippen LogP contribution in [0.5, 0.6) is 0 Å². The number of rotatable bonds is 6. The molecule has 2 fully saturated rings. The molecule has 31 heavy (non-hydrogen) atoms. The standard InChI is InChI=1S/C23H29N3O4S/c1-15-6-7-16(2)18(13-15)8-11-21-22(17(3)25-30-21)31(28,29)26-12-4-5-19(14-26)23(27)24-20-9-10-20/h6-8,11,13,19-20H,4-5,9-10,12,14H2,1-3H3,(H,24,27)/b11-8+/t19-/m0/s1. The molecule has 166 valence electrons. The molecule has 1 amide bonds. The summed E-state index contributed by atoms with van der Waals surface area (Å²) < 4.78 is 33.8. The Morgan fingerprint density at radius 2 is 1.97 bits per heavy atom. The van der Waals surface area contributed by atoms with E-state index in [9.17, 15) is 13.2 Å². The van der Waals surface area contributed by atoms with E-state index in [1.807, 2.05) is 38.1 Å². The third kappa shape index (κ3) is 4.75. The van der Waals surface area contributed by atoms with Gasteiger partial charge < -0.3 is 9.84 Å². The van der Waals surface area contributed by atoms with Crippen molar-refractivity contribution in [3.8, 4) is 0 Å². The van der Waals surface area contributed by atoms with Gasteiger partial charge in [0.2, 0.25) is 15.9 Å². The van der Waals surface area contributed by atoms with Crippen LogP contribution in [-0.2, 0) is 14.8 Å². The van der Waals surface area contributed by atoms with E-state index in [-0.39, 0.29) is 35.1 Å². The molecule has 2 heterocycles. The highest BCUT2D eigenvalue weighted by Crippen LogP contribution is 2.30. The summed E-state index contributed by atoms with van der Waals surface area (Å²) in [5.74, 6) is -0.152. The molecule has 0 bridgehead atoms. The van der Waals surface area contributed by atoms with E-state index in [2.05, 4.69) is 10.5 Å². The third-order valence-electron chi connectivity index (χ3n) is 5.96. The normalized spacial score (nSPS) is 20.3. The fraction of sp³-hybridized carbons (Fsp3) is 0.478. The molecule has 0 unspecified atom stereocenters. The molecule has 1 saturated carbocycles. The molecule has 7 nitrogen and oxygen atoms in total. The van der Waals surface area contributed by atoms with E-state index < -0.39 is 10.0 Å². The van der Waals surface area contributed by atoms with E-state index in [1.54, 1.807) is 13.0 Å². The summed E-state index contributed by atoms with van der Waals surface area (Å²) in [7, 11) is -3.84. The summed E-state index contributed by atoms with van der Waals surface area (Å²) in [6.07, 6.45) is 6.89. The minimum absolute atomic E-state index is 0.0421. The number of amides is 1. The number of nitrogens with zero attached hydrogens (tertiary/aromatic N) is 2. The average Bonchev–Trinajstić information content (AvgIpc) is 3.48. The lowest BCUT2D eigenvalue weighted by Gasteiger charge is -2.31. The number of aryl methyl sites for hydroxylation is 3. The van der Waals surface area contributed by atoms with Crippen LogP contribution in [0.15, 0.2) is 27.6 Å². The first-order chi connectivity index (χ1) is 14.8. The van der Waals surface area contributed by atoms with Crippen molar-refractivity contribution in [2.24, 2.45) is 5.92 Å². The highest BCUT2D eigenvalue weighted by Gasteiger charge is 2.37. The summed E-state index contributed by atoms with van der Waals surface area (Å²) >= 11 is 0. The topological polar surface area (TPSA) is 92.5 Å². The van der Waals surface area contributed by atoms with Crippen LogP contribution < -0.4 is 5.32 Å². The van der Waals surface area contributed by atoms with E-state index in [4.69, 9.17) is 4.52 Å². The van der Waals surface area contributed by atoms with Crippen molar-refractivity contribution in [3.63, 3.8) is 0 Å². The van der Waals surface area contributed by atoms with Crippen LogP contribution in [0.1, 0.15) is 53.8 Å². The molecule has 0 spiro atoms. The number of hydrogen-bond donors (Lipinski definition) is 1. The van der Waals surface area contributed by atoms with Crippen molar-refractivity contribution in [2.45, 2.75) is 57.4 Å². The minimum atomic E-state index is -3.84. The number of nitrogens with one attached hydrogen (secondary N) is 1. The van der Waals surface area contributed by atoms with E-state index in [0.717, 1.165) is 29.5 Å². The highest BCUT2D eigenvalue weighted by molar-refractivity contribution is 7.89. The third-order valence-corrected chi connectivity index (χ3v) is 7.98. The molecular formula is C23H29N3O4S. The Morgan fingerprint density at radius 3 is 2.71 bits per heavy atom. The second-order valence-corrected chi connectivity index (χ2v) is 10.5. The number of sulfonamides is 1. The summed E-state index contributed by atoms with van der Waals surface area (Å²) in [6, 6.07) is 6.37. The highest BCUT2D eigenvalue weighted by atomic mass is 32.2. The fourth-order valence-electron chi connectivity index (χ4n) is 3.95. The van der Waals surface area contributed by atoms with Gasteiger partial charge in [0.15, 0.2) is 10.7 Å². The van der Waals surface area contributed by atoms with Gasteiger partial charge in [0.05, 0.1) is 5.92 Å². The largest absolute Gasteiger partial charge is 0.355 e. The van der Waals surface area contributed by atoms with Gasteiger partial charge in [0, 0.05) is 19.1 Å². The number of carbonyl (C=O) groups excluding carboxylic acids is 1. The van der Waals surface area contributed by atoms with Gasteiger partial charge in [-0.15, -0.1) is 0 Å². The van der Waals surface area contributed by atoms with Crippen molar-refractivity contribution in [1.29, 1.82) is 0 Å². The maximum atomic E-state index is 13.5. The van der Waals surface area contributed by atoms with Crippen molar-refractivity contribution < 1.29 is 17.7 Å². The van der Waals surface area contributed by atoms with Crippen LogP contribution in [0, 0.1) is 26.7 Å². The Hall–Kier alpha value is -2.45. The molecule has 1 aromatic heterocycles. The molecule has 1 aromatic carbocycles. The molecule has 4 rings (SSSR count). The van der Waals surface area contributed by atoms with E-state index in [1.165, 1.54) is 4.31 Å². The minimum Gasteiger partial charge on any atom is -0.355 e. The molecule has 2 aliphatic rings. The van der Waals surface area contributed by atoms with Crippen molar-refractivity contribution in [2.75, 3.05) is 13.1 Å². The van der Waals surface area contributed by atoms with Crippen molar-refractivity contribution in [1.82, 2.24) is 14.8 Å².